The van der Waals surface area contributed by atoms with Crippen molar-refractivity contribution in [2.24, 2.45) is 4.99 Å². The van der Waals surface area contributed by atoms with E-state index >= 15 is 0 Å². The highest BCUT2D eigenvalue weighted by Gasteiger charge is 2.15. The van der Waals surface area contributed by atoms with Crippen LogP contribution in [0.2, 0.25) is 0 Å². The minimum Gasteiger partial charge on any atom is -0.497 e. The van der Waals surface area contributed by atoms with E-state index < -0.39 is 0 Å². The van der Waals surface area contributed by atoms with Crippen molar-refractivity contribution < 1.29 is 9.84 Å². The van der Waals surface area contributed by atoms with Crippen molar-refractivity contribution in [1.29, 1.82) is 0 Å². The molecular weight excluding hydrogens is 388 g/mol. The maximum absolute atomic E-state index is 13.1. The van der Waals surface area contributed by atoms with Crippen LogP contribution in [0.5, 0.6) is 11.6 Å². The number of nitrogens with zero attached hydrogens (tertiary/aromatic N) is 2. The number of fused-ring (bicyclic) bond motifs is 1. The molecule has 0 saturated heterocycles. The lowest BCUT2D eigenvalue weighted by molar-refractivity contribution is 0.412. The van der Waals surface area contributed by atoms with E-state index in [-0.39, 0.29) is 18.0 Å². The molecule has 0 amide bonds. The molecule has 4 aromatic rings. The molecule has 0 aliphatic carbocycles. The van der Waals surface area contributed by atoms with Gasteiger partial charge in [0.1, 0.15) is 5.75 Å². The van der Waals surface area contributed by atoms with Gasteiger partial charge in [-0.2, -0.15) is 0 Å². The zero-order valence-corrected chi connectivity index (χ0v) is 17.8. The Kier molecular flexibility index (Phi) is 5.58. The second-order valence-electron chi connectivity index (χ2n) is 7.55. The monoisotopic (exact) mass is 412 g/mol. The van der Waals surface area contributed by atoms with Crippen molar-refractivity contribution >= 4 is 22.7 Å². The van der Waals surface area contributed by atoms with E-state index in [1.165, 1.54) is 10.1 Å². The molecule has 156 valence electrons. The summed E-state index contributed by atoms with van der Waals surface area (Å²) in [4.78, 5) is 17.7. The fourth-order valence-corrected chi connectivity index (χ4v) is 3.54. The Morgan fingerprint density at radius 3 is 2.35 bits per heavy atom. The normalized spacial score (nSPS) is 11.3. The van der Waals surface area contributed by atoms with Crippen LogP contribution in [-0.2, 0) is 6.54 Å². The standard InChI is InChI=1S/C26H24N2O3/c1-17-8-11-20(14-18(17)2)27-15-24-22-6-4-5-7-23(22)25(29)28(26(24)30)16-19-9-12-21(31-3)13-10-19/h4-15,30H,16H2,1-3H3. The van der Waals surface area contributed by atoms with Gasteiger partial charge in [0.05, 0.1) is 24.9 Å². The minimum absolute atomic E-state index is 0.105. The molecule has 4 rings (SSSR count). The highest BCUT2D eigenvalue weighted by molar-refractivity contribution is 6.02. The molecule has 0 spiro atoms. The summed E-state index contributed by atoms with van der Waals surface area (Å²) in [6.45, 7) is 4.33. The van der Waals surface area contributed by atoms with Crippen molar-refractivity contribution in [2.75, 3.05) is 7.11 Å². The molecule has 31 heavy (non-hydrogen) atoms. The Morgan fingerprint density at radius 2 is 1.68 bits per heavy atom. The maximum Gasteiger partial charge on any atom is 0.261 e. The first-order valence-corrected chi connectivity index (χ1v) is 10.1. The number of methoxy groups -OCH3 is 1. The van der Waals surface area contributed by atoms with Crippen LogP contribution >= 0.6 is 0 Å². The first-order chi connectivity index (χ1) is 15.0. The highest BCUT2D eigenvalue weighted by atomic mass is 16.5. The zero-order chi connectivity index (χ0) is 22.0. The molecule has 1 N–H and O–H groups in total. The van der Waals surface area contributed by atoms with Gasteiger partial charge in [-0.05, 0) is 60.9 Å². The maximum atomic E-state index is 13.1. The van der Waals surface area contributed by atoms with Crippen molar-refractivity contribution in [3.05, 3.63) is 99.3 Å². The molecule has 0 aliphatic rings. The smallest absolute Gasteiger partial charge is 0.261 e. The molecule has 5 heteroatoms. The predicted octanol–water partition coefficient (Wildman–Crippen LogP) is 5.13. The number of pyridine rings is 1. The van der Waals surface area contributed by atoms with Gasteiger partial charge in [0, 0.05) is 17.0 Å². The topological polar surface area (TPSA) is 63.8 Å². The molecule has 1 heterocycles. The number of aliphatic imine (C=N–C) groups is 1. The van der Waals surface area contributed by atoms with Gasteiger partial charge in [-0.25, -0.2) is 0 Å². The van der Waals surface area contributed by atoms with E-state index in [9.17, 15) is 9.90 Å². The fourth-order valence-electron chi connectivity index (χ4n) is 3.54. The summed E-state index contributed by atoms with van der Waals surface area (Å²) in [7, 11) is 1.61. The Bertz CT molecular complexity index is 1340. The molecule has 0 unspecified atom stereocenters. The number of hydrogen-bond donors (Lipinski definition) is 1. The average Bonchev–Trinajstić information content (AvgIpc) is 2.79. The van der Waals surface area contributed by atoms with Gasteiger partial charge < -0.3 is 9.84 Å². The van der Waals surface area contributed by atoms with Crippen LogP contribution in [0.1, 0.15) is 22.3 Å². The van der Waals surface area contributed by atoms with Crippen LogP contribution in [0, 0.1) is 13.8 Å². The zero-order valence-electron chi connectivity index (χ0n) is 17.8. The first-order valence-electron chi connectivity index (χ1n) is 10.1. The third kappa shape index (κ3) is 4.08. The van der Waals surface area contributed by atoms with Crippen LogP contribution in [-0.4, -0.2) is 23.0 Å². The lowest BCUT2D eigenvalue weighted by Gasteiger charge is -2.14. The largest absolute Gasteiger partial charge is 0.497 e. The van der Waals surface area contributed by atoms with E-state index in [4.69, 9.17) is 4.74 Å². The second kappa shape index (κ2) is 8.48. The summed E-state index contributed by atoms with van der Waals surface area (Å²) in [6, 6.07) is 20.6. The number of ether oxygens (including phenoxy) is 1. The van der Waals surface area contributed by atoms with E-state index in [0.717, 1.165) is 22.6 Å². The van der Waals surface area contributed by atoms with Crippen LogP contribution < -0.4 is 10.3 Å². The SMILES string of the molecule is COc1ccc(Cn2c(O)c(C=Nc3ccc(C)c(C)c3)c3ccccc3c2=O)cc1. The van der Waals surface area contributed by atoms with Crippen LogP contribution in [0.3, 0.4) is 0 Å². The molecule has 0 bridgehead atoms. The first kappa shape index (κ1) is 20.4. The third-order valence-corrected chi connectivity index (χ3v) is 5.52. The number of aromatic hydroxyl groups is 1. The van der Waals surface area contributed by atoms with E-state index in [1.807, 2.05) is 67.6 Å². The summed E-state index contributed by atoms with van der Waals surface area (Å²) in [5.74, 6) is 0.632. The Morgan fingerprint density at radius 1 is 0.968 bits per heavy atom. The molecule has 0 aliphatic heterocycles. The molecule has 3 aromatic carbocycles. The molecule has 0 saturated carbocycles. The van der Waals surface area contributed by atoms with Crippen molar-refractivity contribution in [3.63, 3.8) is 0 Å². The van der Waals surface area contributed by atoms with Gasteiger partial charge in [0.2, 0.25) is 5.88 Å². The summed E-state index contributed by atoms with van der Waals surface area (Å²) in [5.41, 5.74) is 4.28. The van der Waals surface area contributed by atoms with Gasteiger partial charge in [0.25, 0.3) is 5.56 Å². The van der Waals surface area contributed by atoms with E-state index in [0.29, 0.717) is 16.3 Å². The molecular formula is C26H24N2O3. The summed E-state index contributed by atoms with van der Waals surface area (Å²) >= 11 is 0. The fraction of sp³-hybridized carbons (Fsp3) is 0.154. The van der Waals surface area contributed by atoms with Gasteiger partial charge in [-0.15, -0.1) is 0 Å². The van der Waals surface area contributed by atoms with E-state index in [2.05, 4.69) is 11.9 Å². The second-order valence-corrected chi connectivity index (χ2v) is 7.55. The summed E-state index contributed by atoms with van der Waals surface area (Å²) in [6.07, 6.45) is 1.63. The molecule has 1 aromatic heterocycles. The van der Waals surface area contributed by atoms with Crippen LogP contribution in [0.25, 0.3) is 10.8 Å². The predicted molar refractivity (Wildman–Crippen MR) is 125 cm³/mol. The Labute approximate surface area is 180 Å². The number of benzene rings is 3. The van der Waals surface area contributed by atoms with Gasteiger partial charge in [-0.1, -0.05) is 36.4 Å². The Balaban J connectivity index is 1.83. The number of rotatable bonds is 5. The van der Waals surface area contributed by atoms with Gasteiger partial charge in [0.15, 0.2) is 0 Å². The third-order valence-electron chi connectivity index (χ3n) is 5.52. The van der Waals surface area contributed by atoms with Crippen molar-refractivity contribution in [1.82, 2.24) is 4.57 Å². The average molecular weight is 412 g/mol. The van der Waals surface area contributed by atoms with Crippen LogP contribution in [0.4, 0.5) is 5.69 Å². The van der Waals surface area contributed by atoms with Crippen LogP contribution in [0.15, 0.2) is 76.5 Å². The number of aromatic nitrogens is 1. The van der Waals surface area contributed by atoms with Gasteiger partial charge in [-0.3, -0.25) is 14.4 Å². The van der Waals surface area contributed by atoms with Gasteiger partial charge >= 0.3 is 0 Å². The summed E-state index contributed by atoms with van der Waals surface area (Å²) < 4.78 is 6.58. The van der Waals surface area contributed by atoms with E-state index in [1.54, 1.807) is 19.4 Å². The summed E-state index contributed by atoms with van der Waals surface area (Å²) in [5, 5.41) is 12.3. The quantitative estimate of drug-likeness (QED) is 0.462. The number of aryl methyl sites for hydroxylation is 2. The van der Waals surface area contributed by atoms with Crippen molar-refractivity contribution in [2.45, 2.75) is 20.4 Å². The molecule has 5 nitrogen and oxygen atoms in total. The molecule has 0 atom stereocenters. The lowest BCUT2D eigenvalue weighted by atomic mass is 10.1. The molecule has 0 radical (unpaired) electrons. The minimum atomic E-state index is -0.243. The van der Waals surface area contributed by atoms with Crippen molar-refractivity contribution in [3.8, 4) is 11.6 Å². The Hall–Kier alpha value is -3.86. The molecule has 0 fully saturated rings. The highest BCUT2D eigenvalue weighted by Crippen LogP contribution is 2.25. The number of hydrogen-bond acceptors (Lipinski definition) is 4. The lowest BCUT2D eigenvalue weighted by Crippen LogP contribution is -2.22.